The number of hydrogen-bond acceptors (Lipinski definition) is 9. The van der Waals surface area contributed by atoms with Crippen LogP contribution in [0.25, 0.3) is 0 Å². The van der Waals surface area contributed by atoms with Crippen LogP contribution >= 0.6 is 0 Å². The van der Waals surface area contributed by atoms with E-state index in [0.717, 1.165) is 0 Å². The van der Waals surface area contributed by atoms with Gasteiger partial charge < -0.3 is 41.0 Å². The summed E-state index contributed by atoms with van der Waals surface area (Å²) >= 11 is 0. The zero-order chi connectivity index (χ0) is 28.6. The van der Waals surface area contributed by atoms with Gasteiger partial charge >= 0.3 is 25.2 Å². The Morgan fingerprint density at radius 3 is 2.16 bits per heavy atom. The molecular formula is C24H44BN3O9. The van der Waals surface area contributed by atoms with Gasteiger partial charge in [-0.2, -0.15) is 0 Å². The van der Waals surface area contributed by atoms with E-state index in [1.807, 2.05) is 0 Å². The number of ether oxygens (including phenoxy) is 2. The maximum Gasteiger partial charge on any atom is 0.451 e. The Bertz CT molecular complexity index is 810. The quantitative estimate of drug-likeness (QED) is 0.167. The maximum atomic E-state index is 13.0. The topological polar surface area (TPSA) is 198 Å². The van der Waals surface area contributed by atoms with Crippen molar-refractivity contribution in [3.05, 3.63) is 0 Å². The summed E-state index contributed by atoms with van der Waals surface area (Å²) in [5.41, 5.74) is 3.17. The number of esters is 1. The number of alkyl carbamates (subject to hydrolysis) is 1. The monoisotopic (exact) mass is 529 g/mol. The standard InChI is InChI=1S/C24H44BN3O9/c1-22(2,3)36-18(29)10-9-17(28-21(33)37-23(4,5)6)19(30)27-14-16-8-7-15(11-12-25(34)35)13-24(16,26)20(31)32/h15-17,34-35H,7-14,26H2,1-6H3,(H,27,30)(H,28,33)(H,31,32)/t15-,16-,17-,24+/m0/s1. The Hall–Kier alpha value is -2.38. The van der Waals surface area contributed by atoms with Crippen molar-refractivity contribution in [2.45, 2.75) is 109 Å². The molecule has 1 fully saturated rings. The molecule has 12 nitrogen and oxygen atoms in total. The van der Waals surface area contributed by atoms with E-state index in [-0.39, 0.29) is 38.0 Å². The summed E-state index contributed by atoms with van der Waals surface area (Å²) in [5.74, 6) is -3.01. The van der Waals surface area contributed by atoms with E-state index in [1.165, 1.54) is 0 Å². The van der Waals surface area contributed by atoms with Crippen molar-refractivity contribution in [3.63, 3.8) is 0 Å². The van der Waals surface area contributed by atoms with Gasteiger partial charge in [0, 0.05) is 18.9 Å². The number of nitrogens with one attached hydrogen (secondary N) is 2. The van der Waals surface area contributed by atoms with Crippen LogP contribution in [0, 0.1) is 11.8 Å². The molecule has 212 valence electrons. The van der Waals surface area contributed by atoms with Crippen molar-refractivity contribution in [3.8, 4) is 0 Å². The lowest BCUT2D eigenvalue weighted by Gasteiger charge is -2.41. The maximum absolute atomic E-state index is 13.0. The predicted molar refractivity (Wildman–Crippen MR) is 136 cm³/mol. The number of aliphatic carboxylic acids is 1. The highest BCUT2D eigenvalue weighted by molar-refractivity contribution is 6.40. The third-order valence-corrected chi connectivity index (χ3v) is 6.10. The van der Waals surface area contributed by atoms with Crippen LogP contribution in [0.15, 0.2) is 0 Å². The first kappa shape index (κ1) is 32.7. The minimum atomic E-state index is -1.61. The number of hydrogen-bond donors (Lipinski definition) is 6. The van der Waals surface area contributed by atoms with Crippen molar-refractivity contribution >= 4 is 31.1 Å². The largest absolute Gasteiger partial charge is 0.480 e. The van der Waals surface area contributed by atoms with E-state index in [9.17, 15) is 24.3 Å². The third-order valence-electron chi connectivity index (χ3n) is 6.10. The molecule has 7 N–H and O–H groups in total. The van der Waals surface area contributed by atoms with E-state index < -0.39 is 59.8 Å². The molecule has 0 saturated heterocycles. The second kappa shape index (κ2) is 13.4. The van der Waals surface area contributed by atoms with Gasteiger partial charge in [0.25, 0.3) is 0 Å². The summed E-state index contributed by atoms with van der Waals surface area (Å²) in [6.07, 6.45) is 0.698. The van der Waals surface area contributed by atoms with E-state index in [1.54, 1.807) is 41.5 Å². The van der Waals surface area contributed by atoms with Crippen molar-refractivity contribution in [1.29, 1.82) is 0 Å². The molecule has 0 radical (unpaired) electrons. The predicted octanol–water partition coefficient (Wildman–Crippen LogP) is 1.18. The van der Waals surface area contributed by atoms with Crippen LogP contribution in [0.1, 0.15) is 80.1 Å². The van der Waals surface area contributed by atoms with Gasteiger partial charge in [-0.05, 0) is 79.5 Å². The van der Waals surface area contributed by atoms with Crippen molar-refractivity contribution < 1.29 is 43.8 Å². The van der Waals surface area contributed by atoms with Gasteiger partial charge in [-0.3, -0.25) is 14.4 Å². The minimum Gasteiger partial charge on any atom is -0.480 e. The first-order valence-electron chi connectivity index (χ1n) is 12.7. The summed E-state index contributed by atoms with van der Waals surface area (Å²) in [6, 6.07) is -1.12. The summed E-state index contributed by atoms with van der Waals surface area (Å²) in [5, 5.41) is 33.3. The Morgan fingerprint density at radius 1 is 1.05 bits per heavy atom. The van der Waals surface area contributed by atoms with Gasteiger partial charge in [-0.25, -0.2) is 4.79 Å². The van der Waals surface area contributed by atoms with Gasteiger partial charge in [0.15, 0.2) is 0 Å². The van der Waals surface area contributed by atoms with Gasteiger partial charge in [-0.15, -0.1) is 0 Å². The highest BCUT2D eigenvalue weighted by atomic mass is 16.6. The smallest absolute Gasteiger partial charge is 0.451 e. The van der Waals surface area contributed by atoms with Gasteiger partial charge in [0.05, 0.1) is 0 Å². The molecule has 0 bridgehead atoms. The number of carboxylic acids is 1. The van der Waals surface area contributed by atoms with E-state index in [4.69, 9.17) is 25.3 Å². The van der Waals surface area contributed by atoms with Crippen molar-refractivity contribution in [2.24, 2.45) is 17.6 Å². The van der Waals surface area contributed by atoms with Crippen LogP contribution in [0.5, 0.6) is 0 Å². The zero-order valence-corrected chi connectivity index (χ0v) is 22.8. The lowest BCUT2D eigenvalue weighted by Crippen LogP contribution is -2.60. The molecule has 1 saturated carbocycles. The Morgan fingerprint density at radius 2 is 1.65 bits per heavy atom. The first-order chi connectivity index (χ1) is 16.8. The fraction of sp³-hybridized carbons (Fsp3) is 0.833. The molecule has 1 aliphatic carbocycles. The Kier molecular flexibility index (Phi) is 11.9. The van der Waals surface area contributed by atoms with Gasteiger partial charge in [0.2, 0.25) is 5.91 Å². The van der Waals surface area contributed by atoms with Gasteiger partial charge in [0.1, 0.15) is 22.8 Å². The molecule has 4 atom stereocenters. The molecule has 0 heterocycles. The fourth-order valence-electron chi connectivity index (χ4n) is 4.34. The summed E-state index contributed by atoms with van der Waals surface area (Å²) in [6.45, 7) is 10.1. The number of carbonyl (C=O) groups excluding carboxylic acids is 3. The summed E-state index contributed by atoms with van der Waals surface area (Å²) in [4.78, 5) is 49.6. The van der Waals surface area contributed by atoms with Crippen molar-refractivity contribution in [1.82, 2.24) is 10.6 Å². The number of amides is 2. The van der Waals surface area contributed by atoms with Crippen LogP contribution in [0.4, 0.5) is 4.79 Å². The number of rotatable bonds is 11. The zero-order valence-electron chi connectivity index (χ0n) is 22.8. The minimum absolute atomic E-state index is 0.0457. The van der Waals surface area contributed by atoms with Crippen LogP contribution in [0.2, 0.25) is 6.32 Å². The van der Waals surface area contributed by atoms with E-state index in [0.29, 0.717) is 19.3 Å². The van der Waals surface area contributed by atoms with E-state index in [2.05, 4.69) is 10.6 Å². The van der Waals surface area contributed by atoms with Crippen LogP contribution in [0.3, 0.4) is 0 Å². The Balaban J connectivity index is 2.88. The second-order valence-corrected chi connectivity index (χ2v) is 11.8. The number of nitrogens with two attached hydrogens (primary N) is 1. The van der Waals surface area contributed by atoms with Crippen LogP contribution in [-0.2, 0) is 23.9 Å². The molecule has 1 aliphatic rings. The lowest BCUT2D eigenvalue weighted by molar-refractivity contribution is -0.155. The molecule has 0 unspecified atom stereocenters. The number of carbonyl (C=O) groups is 4. The number of carboxylic acid groups (broad SMARTS) is 1. The third kappa shape index (κ3) is 12.1. The molecule has 0 aromatic carbocycles. The van der Waals surface area contributed by atoms with E-state index >= 15 is 0 Å². The highest BCUT2D eigenvalue weighted by Crippen LogP contribution is 2.38. The van der Waals surface area contributed by atoms with Gasteiger partial charge in [-0.1, -0.05) is 6.42 Å². The molecule has 0 aliphatic heterocycles. The normalized spacial score (nSPS) is 22.9. The summed E-state index contributed by atoms with van der Waals surface area (Å²) in [7, 11) is -1.47. The molecule has 0 aromatic rings. The molecule has 2 amide bonds. The fourth-order valence-corrected chi connectivity index (χ4v) is 4.34. The molecule has 37 heavy (non-hydrogen) atoms. The average Bonchev–Trinajstić information content (AvgIpc) is 2.71. The van der Waals surface area contributed by atoms with Crippen LogP contribution in [-0.4, -0.2) is 75.5 Å². The molecule has 1 rings (SSSR count). The summed E-state index contributed by atoms with van der Waals surface area (Å²) < 4.78 is 10.5. The molecular weight excluding hydrogens is 485 g/mol. The molecule has 0 spiro atoms. The second-order valence-electron chi connectivity index (χ2n) is 11.8. The molecule has 0 aromatic heterocycles. The highest BCUT2D eigenvalue weighted by Gasteiger charge is 2.47. The Labute approximate surface area is 219 Å². The van der Waals surface area contributed by atoms with Crippen LogP contribution < -0.4 is 16.4 Å². The lowest BCUT2D eigenvalue weighted by atomic mass is 9.66. The molecule has 13 heteroatoms. The first-order valence-corrected chi connectivity index (χ1v) is 12.7. The SMILES string of the molecule is CC(C)(C)OC(=O)CC[C@H](NC(=O)OC(C)(C)C)C(=O)NC[C@@H]1CC[C@@H](CCB(O)O)C[C@]1(N)C(=O)O. The average molecular weight is 529 g/mol. The van der Waals surface area contributed by atoms with Crippen molar-refractivity contribution in [2.75, 3.05) is 6.54 Å².